The van der Waals surface area contributed by atoms with Gasteiger partial charge in [0.1, 0.15) is 0 Å². The maximum absolute atomic E-state index is 3.83. The zero-order chi connectivity index (χ0) is 13.7. The van der Waals surface area contributed by atoms with Gasteiger partial charge in [-0.15, -0.1) is 0 Å². The second-order valence-corrected chi connectivity index (χ2v) is 6.61. The van der Waals surface area contributed by atoms with Gasteiger partial charge in [-0.1, -0.05) is 44.2 Å². The predicted molar refractivity (Wildman–Crippen MR) is 83.3 cm³/mol. The molecule has 1 aliphatic rings. The van der Waals surface area contributed by atoms with E-state index in [9.17, 15) is 0 Å². The fourth-order valence-corrected chi connectivity index (χ4v) is 3.38. The van der Waals surface area contributed by atoms with Crippen molar-refractivity contribution < 1.29 is 0 Å². The highest BCUT2D eigenvalue weighted by atomic mass is 14.9. The Labute approximate surface area is 118 Å². The molecule has 0 saturated heterocycles. The maximum atomic E-state index is 3.83. The summed E-state index contributed by atoms with van der Waals surface area (Å²) in [5.74, 6) is 1.82. The molecule has 0 bridgehead atoms. The van der Waals surface area contributed by atoms with Crippen LogP contribution in [0.1, 0.15) is 52.0 Å². The number of hydrogen-bond acceptors (Lipinski definition) is 1. The Morgan fingerprint density at radius 1 is 1.00 bits per heavy atom. The number of hydrogen-bond donors (Lipinski definition) is 1. The average Bonchev–Trinajstić information content (AvgIpc) is 2.40. The molecule has 1 heteroatoms. The first kappa shape index (κ1) is 14.6. The maximum Gasteiger partial charge on any atom is 0.00817 e. The molecule has 2 rings (SSSR count). The van der Waals surface area contributed by atoms with E-state index in [0.717, 1.165) is 24.3 Å². The quantitative estimate of drug-likeness (QED) is 0.825. The summed E-state index contributed by atoms with van der Waals surface area (Å²) in [6, 6.07) is 12.2. The molecular weight excluding hydrogens is 230 g/mol. The van der Waals surface area contributed by atoms with Crippen LogP contribution in [0.4, 0.5) is 0 Å². The highest BCUT2D eigenvalue weighted by Crippen LogP contribution is 2.30. The van der Waals surface area contributed by atoms with Gasteiger partial charge in [-0.3, -0.25) is 0 Å². The first-order valence-corrected chi connectivity index (χ1v) is 7.95. The van der Waals surface area contributed by atoms with Crippen LogP contribution in [0.5, 0.6) is 0 Å². The summed E-state index contributed by atoms with van der Waals surface area (Å²) < 4.78 is 0. The highest BCUT2D eigenvalue weighted by molar-refractivity contribution is 5.15. The fourth-order valence-electron chi connectivity index (χ4n) is 3.38. The first-order valence-electron chi connectivity index (χ1n) is 7.95. The van der Waals surface area contributed by atoms with Crippen molar-refractivity contribution in [1.29, 1.82) is 0 Å². The van der Waals surface area contributed by atoms with E-state index in [1.807, 2.05) is 0 Å². The minimum Gasteiger partial charge on any atom is -0.311 e. The van der Waals surface area contributed by atoms with Gasteiger partial charge >= 0.3 is 0 Å². The summed E-state index contributed by atoms with van der Waals surface area (Å²) >= 11 is 0. The normalized spacial score (nSPS) is 25.5. The molecule has 0 aromatic heterocycles. The number of nitrogens with one attached hydrogen (secondary N) is 1. The number of rotatable bonds is 5. The smallest absolute Gasteiger partial charge is 0.00817 e. The van der Waals surface area contributed by atoms with Crippen LogP contribution in [-0.2, 0) is 6.42 Å². The van der Waals surface area contributed by atoms with E-state index in [0.29, 0.717) is 6.04 Å². The summed E-state index contributed by atoms with van der Waals surface area (Å²) in [6.45, 7) is 7.06. The third-order valence-electron chi connectivity index (χ3n) is 4.62. The Kier molecular flexibility index (Phi) is 5.45. The minimum atomic E-state index is 0.586. The van der Waals surface area contributed by atoms with Crippen LogP contribution in [0.2, 0.25) is 0 Å². The standard InChI is InChI=1S/C18H29N/c1-14(2)17-9-11-18(12-10-17)19-15(3)13-16-7-5-4-6-8-16/h4-8,14-15,17-19H,9-13H2,1-3H3. The van der Waals surface area contributed by atoms with E-state index in [-0.39, 0.29) is 0 Å². The van der Waals surface area contributed by atoms with Crippen LogP contribution >= 0.6 is 0 Å². The van der Waals surface area contributed by atoms with Crippen LogP contribution < -0.4 is 5.32 Å². The summed E-state index contributed by atoms with van der Waals surface area (Å²) in [4.78, 5) is 0. The third kappa shape index (κ3) is 4.65. The van der Waals surface area contributed by atoms with Gasteiger partial charge in [-0.25, -0.2) is 0 Å². The molecule has 1 aromatic rings. The molecule has 106 valence electrons. The third-order valence-corrected chi connectivity index (χ3v) is 4.62. The summed E-state index contributed by atoms with van der Waals surface area (Å²) in [7, 11) is 0. The molecule has 1 aromatic carbocycles. The molecule has 1 atom stereocenters. The molecule has 1 N–H and O–H groups in total. The van der Waals surface area contributed by atoms with Crippen LogP contribution in [0.25, 0.3) is 0 Å². The Hall–Kier alpha value is -0.820. The Morgan fingerprint density at radius 3 is 2.21 bits per heavy atom. The lowest BCUT2D eigenvalue weighted by molar-refractivity contribution is 0.230. The fraction of sp³-hybridized carbons (Fsp3) is 0.667. The first-order chi connectivity index (χ1) is 9.15. The summed E-state index contributed by atoms with van der Waals surface area (Å²) in [5.41, 5.74) is 1.44. The van der Waals surface area contributed by atoms with Gasteiger partial charge in [-0.2, -0.15) is 0 Å². The van der Waals surface area contributed by atoms with Crippen molar-refractivity contribution in [3.8, 4) is 0 Å². The zero-order valence-corrected chi connectivity index (χ0v) is 12.7. The second kappa shape index (κ2) is 7.09. The Morgan fingerprint density at radius 2 is 1.63 bits per heavy atom. The molecule has 1 nitrogen and oxygen atoms in total. The van der Waals surface area contributed by atoms with Crippen molar-refractivity contribution in [2.24, 2.45) is 11.8 Å². The molecule has 0 spiro atoms. The molecule has 1 saturated carbocycles. The lowest BCUT2D eigenvalue weighted by Gasteiger charge is -2.33. The van der Waals surface area contributed by atoms with Gasteiger partial charge in [0.2, 0.25) is 0 Å². The van der Waals surface area contributed by atoms with Crippen molar-refractivity contribution >= 4 is 0 Å². The van der Waals surface area contributed by atoms with Gasteiger partial charge in [-0.05, 0) is 56.4 Å². The predicted octanol–water partition coefficient (Wildman–Crippen LogP) is 4.42. The lowest BCUT2D eigenvalue weighted by Crippen LogP contribution is -2.40. The molecule has 0 amide bonds. The molecule has 19 heavy (non-hydrogen) atoms. The highest BCUT2D eigenvalue weighted by Gasteiger charge is 2.23. The molecule has 1 aliphatic carbocycles. The SMILES string of the molecule is CC(Cc1ccccc1)NC1CCC(C(C)C)CC1. The number of benzene rings is 1. The minimum absolute atomic E-state index is 0.586. The molecule has 0 aliphatic heterocycles. The van der Waals surface area contributed by atoms with Crippen LogP contribution in [0.15, 0.2) is 30.3 Å². The summed E-state index contributed by atoms with van der Waals surface area (Å²) in [6.07, 6.45) is 6.69. The monoisotopic (exact) mass is 259 g/mol. The lowest BCUT2D eigenvalue weighted by atomic mass is 9.79. The van der Waals surface area contributed by atoms with E-state index >= 15 is 0 Å². The Bertz CT molecular complexity index is 349. The Balaban J connectivity index is 1.73. The van der Waals surface area contributed by atoms with Gasteiger partial charge < -0.3 is 5.32 Å². The van der Waals surface area contributed by atoms with Crippen LogP contribution in [0, 0.1) is 11.8 Å². The second-order valence-electron chi connectivity index (χ2n) is 6.61. The van der Waals surface area contributed by atoms with Gasteiger partial charge in [0, 0.05) is 12.1 Å². The molecule has 1 fully saturated rings. The van der Waals surface area contributed by atoms with Crippen molar-refractivity contribution in [1.82, 2.24) is 5.32 Å². The van der Waals surface area contributed by atoms with Crippen LogP contribution in [0.3, 0.4) is 0 Å². The van der Waals surface area contributed by atoms with E-state index in [2.05, 4.69) is 56.4 Å². The molecule has 0 radical (unpaired) electrons. The summed E-state index contributed by atoms with van der Waals surface area (Å²) in [5, 5.41) is 3.83. The van der Waals surface area contributed by atoms with E-state index in [1.165, 1.54) is 31.2 Å². The van der Waals surface area contributed by atoms with Crippen LogP contribution in [-0.4, -0.2) is 12.1 Å². The van der Waals surface area contributed by atoms with Crippen molar-refractivity contribution in [3.05, 3.63) is 35.9 Å². The van der Waals surface area contributed by atoms with Crippen molar-refractivity contribution in [2.45, 2.75) is 65.0 Å². The molecular formula is C18H29N. The van der Waals surface area contributed by atoms with Gasteiger partial charge in [0.25, 0.3) is 0 Å². The van der Waals surface area contributed by atoms with Gasteiger partial charge in [0.15, 0.2) is 0 Å². The molecule has 1 unspecified atom stereocenters. The van der Waals surface area contributed by atoms with E-state index in [1.54, 1.807) is 0 Å². The van der Waals surface area contributed by atoms with E-state index < -0.39 is 0 Å². The largest absolute Gasteiger partial charge is 0.311 e. The molecule has 0 heterocycles. The topological polar surface area (TPSA) is 12.0 Å². The van der Waals surface area contributed by atoms with E-state index in [4.69, 9.17) is 0 Å². The van der Waals surface area contributed by atoms with Gasteiger partial charge in [0.05, 0.1) is 0 Å². The van der Waals surface area contributed by atoms with Crippen molar-refractivity contribution in [3.63, 3.8) is 0 Å². The zero-order valence-electron chi connectivity index (χ0n) is 12.7. The van der Waals surface area contributed by atoms with Crippen molar-refractivity contribution in [2.75, 3.05) is 0 Å². The average molecular weight is 259 g/mol.